The van der Waals surface area contributed by atoms with Gasteiger partial charge in [-0.05, 0) is 75.8 Å². The summed E-state index contributed by atoms with van der Waals surface area (Å²) in [4.78, 5) is 0. The van der Waals surface area contributed by atoms with Crippen molar-refractivity contribution in [2.45, 2.75) is 59.8 Å². The third-order valence-electron chi connectivity index (χ3n) is 4.35. The van der Waals surface area contributed by atoms with E-state index in [0.717, 1.165) is 30.9 Å². The predicted molar refractivity (Wildman–Crippen MR) is 91.6 cm³/mol. The van der Waals surface area contributed by atoms with Crippen LogP contribution in [0.1, 0.15) is 53.8 Å². The molecule has 3 heteroatoms. The van der Waals surface area contributed by atoms with Crippen LogP contribution >= 0.6 is 0 Å². The number of hydrogen-bond acceptors (Lipinski definition) is 2. The Bertz CT molecular complexity index is 582. The number of aromatic amines is 1. The summed E-state index contributed by atoms with van der Waals surface area (Å²) in [5.41, 5.74) is 6.37. The van der Waals surface area contributed by atoms with E-state index >= 15 is 0 Å². The topological polar surface area (TPSA) is 37.9 Å². The first-order valence-electron chi connectivity index (χ1n) is 8.28. The monoisotopic (exact) mass is 300 g/mol. The molecule has 0 radical (unpaired) electrons. The first kappa shape index (κ1) is 16.6. The number of H-pyrrole nitrogens is 1. The number of rotatable bonds is 8. The molecule has 0 bridgehead atoms. The number of aromatic nitrogens is 2. The summed E-state index contributed by atoms with van der Waals surface area (Å²) in [6.45, 7) is 9.25. The highest BCUT2D eigenvalue weighted by atomic mass is 16.5. The van der Waals surface area contributed by atoms with E-state index in [4.69, 9.17) is 4.74 Å². The van der Waals surface area contributed by atoms with E-state index in [1.807, 2.05) is 0 Å². The van der Waals surface area contributed by atoms with Crippen LogP contribution in [-0.4, -0.2) is 16.8 Å². The molecule has 0 unspecified atom stereocenters. The van der Waals surface area contributed by atoms with E-state index in [1.165, 1.54) is 41.6 Å². The number of aryl methyl sites for hydroxylation is 4. The standard InChI is InChI=1S/C19H28N2O/c1-14-10-11-18(13-15(14)2)22-12-8-6-5-7-9-19-16(3)20-21-17(19)4/h10-11,13H,5-9,12H2,1-4H3,(H,20,21). The van der Waals surface area contributed by atoms with Crippen LogP contribution < -0.4 is 4.74 Å². The van der Waals surface area contributed by atoms with Crippen molar-refractivity contribution in [1.29, 1.82) is 0 Å². The first-order chi connectivity index (χ1) is 10.6. The molecule has 2 aromatic rings. The fourth-order valence-electron chi connectivity index (χ4n) is 2.69. The first-order valence-corrected chi connectivity index (χ1v) is 8.28. The molecule has 1 aromatic carbocycles. The third-order valence-corrected chi connectivity index (χ3v) is 4.35. The largest absolute Gasteiger partial charge is 0.494 e. The van der Waals surface area contributed by atoms with Gasteiger partial charge in [-0.1, -0.05) is 18.9 Å². The van der Waals surface area contributed by atoms with Crippen molar-refractivity contribution in [3.8, 4) is 5.75 Å². The second-order valence-electron chi connectivity index (χ2n) is 6.17. The molecule has 0 fully saturated rings. The average molecular weight is 300 g/mol. The van der Waals surface area contributed by atoms with Crippen LogP contribution in [0.15, 0.2) is 18.2 Å². The van der Waals surface area contributed by atoms with Crippen LogP contribution in [-0.2, 0) is 6.42 Å². The van der Waals surface area contributed by atoms with E-state index in [-0.39, 0.29) is 0 Å². The van der Waals surface area contributed by atoms with E-state index < -0.39 is 0 Å². The van der Waals surface area contributed by atoms with Gasteiger partial charge in [0.15, 0.2) is 0 Å². The Morgan fingerprint density at radius 3 is 2.41 bits per heavy atom. The Kier molecular flexibility index (Phi) is 6.05. The van der Waals surface area contributed by atoms with Crippen LogP contribution in [0, 0.1) is 27.7 Å². The van der Waals surface area contributed by atoms with E-state index in [1.54, 1.807) is 0 Å². The highest BCUT2D eigenvalue weighted by molar-refractivity contribution is 5.33. The summed E-state index contributed by atoms with van der Waals surface area (Å²) in [6, 6.07) is 6.31. The van der Waals surface area contributed by atoms with Gasteiger partial charge in [-0.15, -0.1) is 0 Å². The molecule has 0 aliphatic heterocycles. The maximum atomic E-state index is 5.82. The Labute approximate surface area is 134 Å². The molecule has 0 spiro atoms. The number of nitrogens with one attached hydrogen (secondary N) is 1. The second kappa shape index (κ2) is 8.02. The molecule has 1 N–H and O–H groups in total. The molecular weight excluding hydrogens is 272 g/mol. The lowest BCUT2D eigenvalue weighted by molar-refractivity contribution is 0.304. The zero-order chi connectivity index (χ0) is 15.9. The van der Waals surface area contributed by atoms with Crippen molar-refractivity contribution in [2.75, 3.05) is 6.61 Å². The Balaban J connectivity index is 1.59. The minimum Gasteiger partial charge on any atom is -0.494 e. The van der Waals surface area contributed by atoms with Crippen LogP contribution in [0.2, 0.25) is 0 Å². The highest BCUT2D eigenvalue weighted by Gasteiger charge is 2.05. The maximum Gasteiger partial charge on any atom is 0.119 e. The molecule has 0 aliphatic rings. The van der Waals surface area contributed by atoms with Crippen molar-refractivity contribution >= 4 is 0 Å². The summed E-state index contributed by atoms with van der Waals surface area (Å²) < 4.78 is 5.82. The molecule has 1 aromatic heterocycles. The molecular formula is C19H28N2O. The van der Waals surface area contributed by atoms with Gasteiger partial charge < -0.3 is 4.74 Å². The molecule has 0 atom stereocenters. The molecule has 0 amide bonds. The van der Waals surface area contributed by atoms with Gasteiger partial charge in [0.1, 0.15) is 5.75 Å². The van der Waals surface area contributed by atoms with Crippen molar-refractivity contribution < 1.29 is 4.74 Å². The maximum absolute atomic E-state index is 5.82. The zero-order valence-electron chi connectivity index (χ0n) is 14.3. The zero-order valence-corrected chi connectivity index (χ0v) is 14.3. The van der Waals surface area contributed by atoms with Gasteiger partial charge in [-0.25, -0.2) is 0 Å². The highest BCUT2D eigenvalue weighted by Crippen LogP contribution is 2.17. The van der Waals surface area contributed by atoms with Gasteiger partial charge in [-0.3, -0.25) is 5.10 Å². The number of hydrogen-bond donors (Lipinski definition) is 1. The molecule has 0 saturated carbocycles. The van der Waals surface area contributed by atoms with Crippen LogP contribution in [0.5, 0.6) is 5.75 Å². The van der Waals surface area contributed by atoms with E-state index in [9.17, 15) is 0 Å². The Morgan fingerprint density at radius 2 is 1.73 bits per heavy atom. The fraction of sp³-hybridized carbons (Fsp3) is 0.526. The van der Waals surface area contributed by atoms with Gasteiger partial charge in [-0.2, -0.15) is 5.10 Å². The fourth-order valence-corrected chi connectivity index (χ4v) is 2.69. The summed E-state index contributed by atoms with van der Waals surface area (Å²) in [5, 5.41) is 7.30. The normalized spacial score (nSPS) is 10.9. The Morgan fingerprint density at radius 1 is 0.955 bits per heavy atom. The quantitative estimate of drug-likeness (QED) is 0.709. The lowest BCUT2D eigenvalue weighted by atomic mass is 10.0. The summed E-state index contributed by atoms with van der Waals surface area (Å²) in [6.07, 6.45) is 5.95. The number of ether oxygens (including phenoxy) is 1. The molecule has 1 heterocycles. The van der Waals surface area contributed by atoms with Gasteiger partial charge in [0.2, 0.25) is 0 Å². The summed E-state index contributed by atoms with van der Waals surface area (Å²) in [7, 11) is 0. The van der Waals surface area contributed by atoms with Crippen molar-refractivity contribution in [2.24, 2.45) is 0 Å². The third kappa shape index (κ3) is 4.62. The van der Waals surface area contributed by atoms with Gasteiger partial charge >= 0.3 is 0 Å². The molecule has 0 aliphatic carbocycles. The predicted octanol–water partition coefficient (Wildman–Crippen LogP) is 4.83. The average Bonchev–Trinajstić information content (AvgIpc) is 2.81. The van der Waals surface area contributed by atoms with E-state index in [2.05, 4.69) is 56.1 Å². The summed E-state index contributed by atoms with van der Waals surface area (Å²) >= 11 is 0. The van der Waals surface area contributed by atoms with Gasteiger partial charge in [0, 0.05) is 5.69 Å². The van der Waals surface area contributed by atoms with Crippen molar-refractivity contribution in [1.82, 2.24) is 10.2 Å². The minimum atomic E-state index is 0.812. The van der Waals surface area contributed by atoms with Crippen LogP contribution in [0.4, 0.5) is 0 Å². The smallest absolute Gasteiger partial charge is 0.119 e. The van der Waals surface area contributed by atoms with Crippen LogP contribution in [0.3, 0.4) is 0 Å². The number of unbranched alkanes of at least 4 members (excludes halogenated alkanes) is 3. The molecule has 3 nitrogen and oxygen atoms in total. The minimum absolute atomic E-state index is 0.812. The van der Waals surface area contributed by atoms with Crippen molar-refractivity contribution in [3.63, 3.8) is 0 Å². The van der Waals surface area contributed by atoms with Gasteiger partial charge in [0.05, 0.1) is 12.3 Å². The molecule has 22 heavy (non-hydrogen) atoms. The summed E-state index contributed by atoms with van der Waals surface area (Å²) in [5.74, 6) is 0.993. The lowest BCUT2D eigenvalue weighted by Gasteiger charge is -2.08. The SMILES string of the molecule is Cc1ccc(OCCCCCCc2c(C)n[nH]c2C)cc1C. The number of nitrogens with zero attached hydrogens (tertiary/aromatic N) is 1. The second-order valence-corrected chi connectivity index (χ2v) is 6.17. The van der Waals surface area contributed by atoms with E-state index in [0.29, 0.717) is 0 Å². The number of benzene rings is 1. The molecule has 2 rings (SSSR count). The van der Waals surface area contributed by atoms with Gasteiger partial charge in [0.25, 0.3) is 0 Å². The lowest BCUT2D eigenvalue weighted by Crippen LogP contribution is -1.98. The van der Waals surface area contributed by atoms with Crippen molar-refractivity contribution in [3.05, 3.63) is 46.3 Å². The Hall–Kier alpha value is -1.77. The molecule has 0 saturated heterocycles. The molecule has 120 valence electrons. The van der Waals surface area contributed by atoms with Crippen LogP contribution in [0.25, 0.3) is 0 Å².